The summed E-state index contributed by atoms with van der Waals surface area (Å²) in [6.07, 6.45) is 0.885. The predicted octanol–water partition coefficient (Wildman–Crippen LogP) is 3.26. The SMILES string of the molecule is COc1ccc(C)cc1CC(N)CSCC(C)C. The van der Waals surface area contributed by atoms with Gasteiger partial charge in [0.25, 0.3) is 0 Å². The molecule has 2 nitrogen and oxygen atoms in total. The Hall–Kier alpha value is -0.670. The van der Waals surface area contributed by atoms with Crippen LogP contribution in [0.15, 0.2) is 18.2 Å². The molecule has 1 rings (SSSR count). The van der Waals surface area contributed by atoms with Crippen molar-refractivity contribution in [3.63, 3.8) is 0 Å². The maximum Gasteiger partial charge on any atom is 0.122 e. The van der Waals surface area contributed by atoms with Crippen LogP contribution in [0.25, 0.3) is 0 Å². The molecule has 0 radical (unpaired) electrons. The van der Waals surface area contributed by atoms with E-state index in [1.165, 1.54) is 16.9 Å². The van der Waals surface area contributed by atoms with Gasteiger partial charge in [0.1, 0.15) is 5.75 Å². The Bertz CT molecular complexity index is 366. The number of nitrogens with two attached hydrogens (primary N) is 1. The maximum absolute atomic E-state index is 6.19. The fourth-order valence-corrected chi connectivity index (χ4v) is 2.89. The first kappa shape index (κ1) is 15.4. The van der Waals surface area contributed by atoms with Gasteiger partial charge in [-0.05, 0) is 36.6 Å². The van der Waals surface area contributed by atoms with Crippen molar-refractivity contribution in [2.24, 2.45) is 11.7 Å². The molecule has 0 heterocycles. The van der Waals surface area contributed by atoms with Gasteiger partial charge in [0.2, 0.25) is 0 Å². The van der Waals surface area contributed by atoms with E-state index in [1.54, 1.807) is 7.11 Å². The molecule has 1 aromatic rings. The summed E-state index contributed by atoms with van der Waals surface area (Å²) in [6.45, 7) is 6.58. The van der Waals surface area contributed by atoms with Crippen LogP contribution in [0.2, 0.25) is 0 Å². The molecule has 0 aliphatic heterocycles. The second-order valence-electron chi connectivity index (χ2n) is 5.21. The number of hydrogen-bond donors (Lipinski definition) is 1. The highest BCUT2D eigenvalue weighted by atomic mass is 32.2. The van der Waals surface area contributed by atoms with E-state index in [9.17, 15) is 0 Å². The van der Waals surface area contributed by atoms with E-state index in [0.29, 0.717) is 0 Å². The zero-order valence-electron chi connectivity index (χ0n) is 11.9. The van der Waals surface area contributed by atoms with Crippen LogP contribution in [0.3, 0.4) is 0 Å². The monoisotopic (exact) mass is 267 g/mol. The van der Waals surface area contributed by atoms with E-state index in [1.807, 2.05) is 17.8 Å². The van der Waals surface area contributed by atoms with Crippen molar-refractivity contribution in [1.82, 2.24) is 0 Å². The molecule has 102 valence electrons. The molecule has 0 fully saturated rings. The highest BCUT2D eigenvalue weighted by Crippen LogP contribution is 2.21. The van der Waals surface area contributed by atoms with Crippen LogP contribution in [0.5, 0.6) is 5.75 Å². The zero-order chi connectivity index (χ0) is 13.5. The third-order valence-electron chi connectivity index (χ3n) is 2.70. The molecule has 0 aliphatic carbocycles. The van der Waals surface area contributed by atoms with Crippen molar-refractivity contribution < 1.29 is 4.74 Å². The lowest BCUT2D eigenvalue weighted by atomic mass is 10.0. The number of aryl methyl sites for hydroxylation is 1. The first-order valence-corrected chi connectivity index (χ1v) is 7.65. The van der Waals surface area contributed by atoms with E-state index in [2.05, 4.69) is 32.9 Å². The quantitative estimate of drug-likeness (QED) is 0.823. The number of methoxy groups -OCH3 is 1. The molecule has 0 aromatic heterocycles. The molecule has 1 atom stereocenters. The lowest BCUT2D eigenvalue weighted by molar-refractivity contribution is 0.408. The van der Waals surface area contributed by atoms with Crippen LogP contribution in [0, 0.1) is 12.8 Å². The Morgan fingerprint density at radius 2 is 2.00 bits per heavy atom. The summed E-state index contributed by atoms with van der Waals surface area (Å²) < 4.78 is 5.38. The fourth-order valence-electron chi connectivity index (χ4n) is 1.86. The molecule has 0 saturated carbocycles. The molecule has 0 amide bonds. The largest absolute Gasteiger partial charge is 0.496 e. The van der Waals surface area contributed by atoms with Crippen molar-refractivity contribution in [2.45, 2.75) is 33.2 Å². The van der Waals surface area contributed by atoms with Crippen LogP contribution in [-0.4, -0.2) is 24.7 Å². The summed E-state index contributed by atoms with van der Waals surface area (Å²) in [7, 11) is 1.72. The summed E-state index contributed by atoms with van der Waals surface area (Å²) in [5.74, 6) is 3.87. The molecule has 0 saturated heterocycles. The molecule has 1 unspecified atom stereocenters. The van der Waals surface area contributed by atoms with Crippen molar-refractivity contribution in [1.29, 1.82) is 0 Å². The van der Waals surface area contributed by atoms with Crippen molar-refractivity contribution in [2.75, 3.05) is 18.6 Å². The van der Waals surface area contributed by atoms with Gasteiger partial charge in [-0.15, -0.1) is 0 Å². The Morgan fingerprint density at radius 3 is 2.61 bits per heavy atom. The number of rotatable bonds is 7. The highest BCUT2D eigenvalue weighted by molar-refractivity contribution is 7.99. The zero-order valence-corrected chi connectivity index (χ0v) is 12.7. The Kier molecular flexibility index (Phi) is 6.58. The lowest BCUT2D eigenvalue weighted by Gasteiger charge is -2.15. The first-order chi connectivity index (χ1) is 8.52. The van der Waals surface area contributed by atoms with Gasteiger partial charge in [0.15, 0.2) is 0 Å². The van der Waals surface area contributed by atoms with Gasteiger partial charge in [-0.2, -0.15) is 11.8 Å². The van der Waals surface area contributed by atoms with Gasteiger partial charge in [-0.25, -0.2) is 0 Å². The number of benzene rings is 1. The molecule has 0 spiro atoms. The van der Waals surface area contributed by atoms with E-state index in [4.69, 9.17) is 10.5 Å². The minimum absolute atomic E-state index is 0.199. The van der Waals surface area contributed by atoms with Gasteiger partial charge < -0.3 is 10.5 Å². The summed E-state index contributed by atoms with van der Waals surface area (Å²) in [4.78, 5) is 0. The van der Waals surface area contributed by atoms with Crippen molar-refractivity contribution in [3.05, 3.63) is 29.3 Å². The normalized spacial score (nSPS) is 12.8. The molecular weight excluding hydrogens is 242 g/mol. The van der Waals surface area contributed by atoms with E-state index < -0.39 is 0 Å². The van der Waals surface area contributed by atoms with Gasteiger partial charge >= 0.3 is 0 Å². The van der Waals surface area contributed by atoms with Gasteiger partial charge in [-0.1, -0.05) is 31.5 Å². The molecular formula is C15H25NOS. The minimum atomic E-state index is 0.199. The van der Waals surface area contributed by atoms with Crippen LogP contribution < -0.4 is 10.5 Å². The predicted molar refractivity (Wildman–Crippen MR) is 81.6 cm³/mol. The maximum atomic E-state index is 6.19. The number of hydrogen-bond acceptors (Lipinski definition) is 3. The summed E-state index contributed by atoms with van der Waals surface area (Å²) >= 11 is 1.94. The average Bonchev–Trinajstić information content (AvgIpc) is 2.28. The summed E-state index contributed by atoms with van der Waals surface area (Å²) in [5, 5.41) is 0. The van der Waals surface area contributed by atoms with E-state index >= 15 is 0 Å². The molecule has 0 bridgehead atoms. The summed E-state index contributed by atoms with van der Waals surface area (Å²) in [5.41, 5.74) is 8.66. The second kappa shape index (κ2) is 7.70. The molecule has 0 aliphatic rings. The standard InChI is InChI=1S/C15H25NOS/c1-11(2)9-18-10-14(16)8-13-7-12(3)5-6-15(13)17-4/h5-7,11,14H,8-10,16H2,1-4H3. The first-order valence-electron chi connectivity index (χ1n) is 6.49. The van der Waals surface area contributed by atoms with Crippen LogP contribution >= 0.6 is 11.8 Å². The highest BCUT2D eigenvalue weighted by Gasteiger charge is 2.09. The fraction of sp³-hybridized carbons (Fsp3) is 0.600. The van der Waals surface area contributed by atoms with Crippen LogP contribution in [-0.2, 0) is 6.42 Å². The van der Waals surface area contributed by atoms with Gasteiger partial charge in [-0.3, -0.25) is 0 Å². The third kappa shape index (κ3) is 5.32. The third-order valence-corrected chi connectivity index (χ3v) is 4.27. The summed E-state index contributed by atoms with van der Waals surface area (Å²) in [6, 6.07) is 6.47. The number of ether oxygens (including phenoxy) is 1. The smallest absolute Gasteiger partial charge is 0.122 e. The Morgan fingerprint density at radius 1 is 1.28 bits per heavy atom. The van der Waals surface area contributed by atoms with Gasteiger partial charge in [0.05, 0.1) is 7.11 Å². The second-order valence-corrected chi connectivity index (χ2v) is 6.29. The minimum Gasteiger partial charge on any atom is -0.496 e. The van der Waals surface area contributed by atoms with Crippen LogP contribution in [0.4, 0.5) is 0 Å². The van der Waals surface area contributed by atoms with E-state index in [-0.39, 0.29) is 6.04 Å². The molecule has 3 heteroatoms. The van der Waals surface area contributed by atoms with Crippen LogP contribution in [0.1, 0.15) is 25.0 Å². The lowest BCUT2D eigenvalue weighted by Crippen LogP contribution is -2.26. The Balaban J connectivity index is 2.52. The topological polar surface area (TPSA) is 35.2 Å². The number of thioether (sulfide) groups is 1. The van der Waals surface area contributed by atoms with Gasteiger partial charge in [0, 0.05) is 11.8 Å². The molecule has 1 aromatic carbocycles. The average molecular weight is 267 g/mol. The Labute approximate surface area is 115 Å². The van der Waals surface area contributed by atoms with Crippen molar-refractivity contribution >= 4 is 11.8 Å². The van der Waals surface area contributed by atoms with Crippen molar-refractivity contribution in [3.8, 4) is 5.75 Å². The van der Waals surface area contributed by atoms with E-state index in [0.717, 1.165) is 23.8 Å². The molecule has 2 N–H and O–H groups in total. The molecule has 18 heavy (non-hydrogen) atoms.